The predicted octanol–water partition coefficient (Wildman–Crippen LogP) is 5.36. The van der Waals surface area contributed by atoms with E-state index in [4.69, 9.17) is 22.7 Å². The number of thiocarbonyl (C=S) groups is 1. The number of Topliss-reactive ketones (excluding diaryl/α,β-unsaturated/α-hetero) is 1. The van der Waals surface area contributed by atoms with E-state index in [1.54, 1.807) is 6.07 Å². The van der Waals surface area contributed by atoms with Crippen LogP contribution in [-0.4, -0.2) is 22.5 Å². The first-order valence-electron chi connectivity index (χ1n) is 10.4. The van der Waals surface area contributed by atoms with Crippen LogP contribution >= 0.6 is 12.2 Å². The average molecular weight is 471 g/mol. The summed E-state index contributed by atoms with van der Waals surface area (Å²) in [4.78, 5) is 16.9. The van der Waals surface area contributed by atoms with Crippen molar-refractivity contribution >= 4 is 40.4 Å². The molecule has 0 saturated heterocycles. The summed E-state index contributed by atoms with van der Waals surface area (Å²) in [5.41, 5.74) is 6.55. The Balaban J connectivity index is 1.85. The highest BCUT2D eigenvalue weighted by Crippen LogP contribution is 2.29. The first kappa shape index (κ1) is 24.1. The molecule has 0 fully saturated rings. The quantitative estimate of drug-likeness (QED) is 0.221. The Kier molecular flexibility index (Phi) is 8.26. The molecule has 0 aliphatic heterocycles. The van der Waals surface area contributed by atoms with Crippen LogP contribution in [0.4, 0.5) is 26.1 Å². The molecule has 0 spiro atoms. The van der Waals surface area contributed by atoms with Crippen LogP contribution in [0.15, 0.2) is 54.6 Å². The minimum Gasteiger partial charge on any atom is -0.493 e. The van der Waals surface area contributed by atoms with Gasteiger partial charge in [0, 0.05) is 23.7 Å². The molecule has 0 amide bonds. The van der Waals surface area contributed by atoms with E-state index in [9.17, 15) is 13.6 Å². The van der Waals surface area contributed by atoms with Crippen molar-refractivity contribution in [2.75, 3.05) is 23.0 Å². The first-order valence-corrected chi connectivity index (χ1v) is 10.8. The van der Waals surface area contributed by atoms with Crippen LogP contribution < -0.4 is 21.1 Å². The van der Waals surface area contributed by atoms with Gasteiger partial charge in [0.15, 0.2) is 10.9 Å². The van der Waals surface area contributed by atoms with E-state index in [0.717, 1.165) is 30.7 Å². The Morgan fingerprint density at radius 1 is 1.09 bits per heavy atom. The normalized spacial score (nSPS) is 10.5. The lowest BCUT2D eigenvalue weighted by Crippen LogP contribution is -2.20. The van der Waals surface area contributed by atoms with Crippen LogP contribution in [0.5, 0.6) is 5.75 Å². The third-order valence-corrected chi connectivity index (χ3v) is 4.93. The number of unbranched alkanes of at least 4 members (excludes halogenated alkanes) is 1. The standard InChI is InChI=1S/C24H24F2N4O2S/c1-2-3-12-32-20-14-21(30-24(33)28-15-8-5-4-6-9-15)29-23(27)16(20)13-19(31)22-17(25)10-7-11-18(22)26/h4-11,14H,2-3,12-13H2,1H3,(H4,27,28,29,30,33). The summed E-state index contributed by atoms with van der Waals surface area (Å²) in [5, 5.41) is 6.24. The molecule has 6 nitrogen and oxygen atoms in total. The number of ether oxygens (including phenoxy) is 1. The molecule has 1 heterocycles. The smallest absolute Gasteiger partial charge is 0.176 e. The maximum absolute atomic E-state index is 14.1. The number of ketones is 1. The Morgan fingerprint density at radius 3 is 2.45 bits per heavy atom. The number of para-hydroxylation sites is 1. The number of rotatable bonds is 9. The maximum atomic E-state index is 14.1. The summed E-state index contributed by atoms with van der Waals surface area (Å²) in [6.45, 7) is 2.39. The number of carbonyl (C=O) groups is 1. The molecule has 0 bridgehead atoms. The van der Waals surface area contributed by atoms with Gasteiger partial charge in [0.2, 0.25) is 0 Å². The number of nitrogens with two attached hydrogens (primary N) is 1. The molecule has 9 heteroatoms. The molecule has 4 N–H and O–H groups in total. The fourth-order valence-electron chi connectivity index (χ4n) is 3.08. The van der Waals surface area contributed by atoms with E-state index in [0.29, 0.717) is 18.2 Å². The number of nitrogen functional groups attached to an aromatic ring is 1. The zero-order valence-corrected chi connectivity index (χ0v) is 18.8. The Labute approximate surface area is 196 Å². The number of aromatic nitrogens is 1. The highest BCUT2D eigenvalue weighted by atomic mass is 32.1. The number of anilines is 3. The number of carbonyl (C=O) groups excluding carboxylic acids is 1. The fourth-order valence-corrected chi connectivity index (χ4v) is 3.30. The van der Waals surface area contributed by atoms with E-state index < -0.39 is 23.0 Å². The van der Waals surface area contributed by atoms with Crippen molar-refractivity contribution in [1.82, 2.24) is 4.98 Å². The highest BCUT2D eigenvalue weighted by molar-refractivity contribution is 7.80. The average Bonchev–Trinajstić information content (AvgIpc) is 2.76. The molecule has 0 unspecified atom stereocenters. The van der Waals surface area contributed by atoms with Crippen molar-refractivity contribution in [3.8, 4) is 5.75 Å². The van der Waals surface area contributed by atoms with Crippen LogP contribution in [-0.2, 0) is 6.42 Å². The van der Waals surface area contributed by atoms with Gasteiger partial charge in [-0.3, -0.25) is 4.79 Å². The van der Waals surface area contributed by atoms with Crippen molar-refractivity contribution < 1.29 is 18.3 Å². The van der Waals surface area contributed by atoms with Crippen LogP contribution in [0.2, 0.25) is 0 Å². The van der Waals surface area contributed by atoms with Gasteiger partial charge in [-0.2, -0.15) is 0 Å². The summed E-state index contributed by atoms with van der Waals surface area (Å²) in [6.07, 6.45) is 1.30. The molecule has 3 rings (SSSR count). The molecule has 0 radical (unpaired) electrons. The highest BCUT2D eigenvalue weighted by Gasteiger charge is 2.22. The van der Waals surface area contributed by atoms with Gasteiger partial charge in [-0.15, -0.1) is 0 Å². The number of pyridine rings is 1. The number of hydrogen-bond donors (Lipinski definition) is 3. The molecule has 33 heavy (non-hydrogen) atoms. The fraction of sp³-hybridized carbons (Fsp3) is 0.208. The second-order valence-corrected chi connectivity index (χ2v) is 7.62. The van der Waals surface area contributed by atoms with E-state index in [2.05, 4.69) is 15.6 Å². The number of benzene rings is 2. The lowest BCUT2D eigenvalue weighted by atomic mass is 10.0. The van der Waals surface area contributed by atoms with Crippen LogP contribution in [0.3, 0.4) is 0 Å². The topological polar surface area (TPSA) is 89.3 Å². The van der Waals surface area contributed by atoms with Crippen molar-refractivity contribution in [2.45, 2.75) is 26.2 Å². The lowest BCUT2D eigenvalue weighted by Gasteiger charge is -2.16. The molecule has 0 atom stereocenters. The van der Waals surface area contributed by atoms with Gasteiger partial charge in [-0.25, -0.2) is 13.8 Å². The Hall–Kier alpha value is -3.59. The van der Waals surface area contributed by atoms with Crippen LogP contribution in [0, 0.1) is 11.6 Å². The predicted molar refractivity (Wildman–Crippen MR) is 130 cm³/mol. The zero-order valence-electron chi connectivity index (χ0n) is 18.0. The number of hydrogen-bond acceptors (Lipinski definition) is 5. The van der Waals surface area contributed by atoms with Gasteiger partial charge in [0.05, 0.1) is 12.2 Å². The maximum Gasteiger partial charge on any atom is 0.176 e. The minimum absolute atomic E-state index is 0.000827. The van der Waals surface area contributed by atoms with Crippen molar-refractivity contribution in [2.24, 2.45) is 0 Å². The van der Waals surface area contributed by atoms with Crippen LogP contribution in [0.1, 0.15) is 35.7 Å². The molecule has 1 aromatic heterocycles. The third kappa shape index (κ3) is 6.45. The molecule has 172 valence electrons. The summed E-state index contributed by atoms with van der Waals surface area (Å²) in [7, 11) is 0. The van der Waals surface area contributed by atoms with Crippen LogP contribution in [0.25, 0.3) is 0 Å². The second kappa shape index (κ2) is 11.3. The summed E-state index contributed by atoms with van der Waals surface area (Å²) in [5.74, 6) is -2.03. The molecule has 0 aliphatic rings. The Bertz CT molecular complexity index is 1120. The van der Waals surface area contributed by atoms with Gasteiger partial charge >= 0.3 is 0 Å². The molecule has 0 saturated carbocycles. The van der Waals surface area contributed by atoms with E-state index in [1.165, 1.54) is 6.07 Å². The largest absolute Gasteiger partial charge is 0.493 e. The van der Waals surface area contributed by atoms with Gasteiger partial charge in [0.25, 0.3) is 0 Å². The van der Waals surface area contributed by atoms with E-state index in [1.807, 2.05) is 37.3 Å². The molecular weight excluding hydrogens is 446 g/mol. The lowest BCUT2D eigenvalue weighted by molar-refractivity contribution is 0.0983. The minimum atomic E-state index is -0.935. The number of halogens is 2. The number of nitrogens with one attached hydrogen (secondary N) is 2. The summed E-state index contributed by atoms with van der Waals surface area (Å²) in [6, 6.07) is 14.1. The summed E-state index contributed by atoms with van der Waals surface area (Å²) >= 11 is 5.32. The second-order valence-electron chi connectivity index (χ2n) is 7.21. The zero-order chi connectivity index (χ0) is 23.8. The molecule has 3 aromatic rings. The monoisotopic (exact) mass is 470 g/mol. The van der Waals surface area contributed by atoms with Crippen molar-refractivity contribution in [3.05, 3.63) is 77.4 Å². The van der Waals surface area contributed by atoms with E-state index in [-0.39, 0.29) is 22.9 Å². The molecule has 2 aromatic carbocycles. The first-order chi connectivity index (χ1) is 15.9. The molecule has 0 aliphatic carbocycles. The molecular formula is C24H24F2N4O2S. The number of nitrogens with zero attached hydrogens (tertiary/aromatic N) is 1. The van der Waals surface area contributed by atoms with E-state index >= 15 is 0 Å². The van der Waals surface area contributed by atoms with Gasteiger partial charge in [-0.1, -0.05) is 37.6 Å². The van der Waals surface area contributed by atoms with Gasteiger partial charge in [0.1, 0.15) is 29.0 Å². The third-order valence-electron chi connectivity index (χ3n) is 4.72. The van der Waals surface area contributed by atoms with Gasteiger partial charge < -0.3 is 21.1 Å². The van der Waals surface area contributed by atoms with Crippen molar-refractivity contribution in [1.29, 1.82) is 0 Å². The SMILES string of the molecule is CCCCOc1cc(NC(=S)Nc2ccccc2)nc(N)c1CC(=O)c1c(F)cccc1F. The van der Waals surface area contributed by atoms with Crippen molar-refractivity contribution in [3.63, 3.8) is 0 Å². The summed E-state index contributed by atoms with van der Waals surface area (Å²) < 4.78 is 34.0. The van der Waals surface area contributed by atoms with Gasteiger partial charge in [-0.05, 0) is 42.9 Å². The Morgan fingerprint density at radius 2 is 1.79 bits per heavy atom.